The number of fused-ring (bicyclic) bond motifs is 1. The zero-order valence-corrected chi connectivity index (χ0v) is 15.5. The topological polar surface area (TPSA) is 76.0 Å². The van der Waals surface area contributed by atoms with Gasteiger partial charge in [-0.2, -0.15) is 19.9 Å². The van der Waals surface area contributed by atoms with Crippen LogP contribution in [-0.4, -0.2) is 19.2 Å². The number of aromatic nitrogens is 4. The Morgan fingerprint density at radius 2 is 1.89 bits per heavy atom. The van der Waals surface area contributed by atoms with E-state index in [0.717, 1.165) is 28.7 Å². The Kier molecular flexibility index (Phi) is 4.73. The van der Waals surface area contributed by atoms with E-state index >= 15 is 0 Å². The first-order valence-corrected chi connectivity index (χ1v) is 9.21. The van der Waals surface area contributed by atoms with E-state index in [1.165, 1.54) is 10.8 Å². The van der Waals surface area contributed by atoms with Crippen molar-refractivity contribution in [2.24, 2.45) is 0 Å². The summed E-state index contributed by atoms with van der Waals surface area (Å²) in [6, 6.07) is 17.9. The van der Waals surface area contributed by atoms with Crippen molar-refractivity contribution in [2.45, 2.75) is 26.3 Å². The SMILES string of the molecule is CCCc1cn(Cc2ccc(-c3ccccc3C#N)cc2)c2ncnn2c1=O. The monoisotopic (exact) mass is 369 g/mol. The zero-order chi connectivity index (χ0) is 19.5. The van der Waals surface area contributed by atoms with E-state index in [1.54, 1.807) is 0 Å². The molecule has 0 fully saturated rings. The van der Waals surface area contributed by atoms with Crippen molar-refractivity contribution in [1.82, 2.24) is 19.2 Å². The summed E-state index contributed by atoms with van der Waals surface area (Å²) in [5.41, 5.74) is 4.29. The number of hydrogen-bond donors (Lipinski definition) is 0. The summed E-state index contributed by atoms with van der Waals surface area (Å²) in [5.74, 6) is 0.531. The van der Waals surface area contributed by atoms with E-state index in [1.807, 2.05) is 66.2 Å². The van der Waals surface area contributed by atoms with Crippen LogP contribution in [0.25, 0.3) is 16.9 Å². The largest absolute Gasteiger partial charge is 0.312 e. The molecular weight excluding hydrogens is 350 g/mol. The third kappa shape index (κ3) is 3.19. The first-order valence-electron chi connectivity index (χ1n) is 9.21. The number of nitriles is 1. The molecule has 0 N–H and O–H groups in total. The van der Waals surface area contributed by atoms with Gasteiger partial charge in [-0.15, -0.1) is 0 Å². The number of aryl methyl sites for hydroxylation is 1. The van der Waals surface area contributed by atoms with Crippen molar-refractivity contribution in [2.75, 3.05) is 0 Å². The van der Waals surface area contributed by atoms with Gasteiger partial charge >= 0.3 is 0 Å². The molecule has 0 amide bonds. The van der Waals surface area contributed by atoms with Crippen molar-refractivity contribution in [3.63, 3.8) is 0 Å². The minimum Gasteiger partial charge on any atom is -0.312 e. The smallest absolute Gasteiger partial charge is 0.278 e. The molecule has 0 atom stereocenters. The normalized spacial score (nSPS) is 10.9. The Morgan fingerprint density at radius 3 is 2.64 bits per heavy atom. The predicted octanol–water partition coefficient (Wildman–Crippen LogP) is 3.43. The van der Waals surface area contributed by atoms with E-state index in [-0.39, 0.29) is 5.56 Å². The van der Waals surface area contributed by atoms with Gasteiger partial charge in [-0.25, -0.2) is 0 Å². The maximum absolute atomic E-state index is 12.5. The third-order valence-corrected chi connectivity index (χ3v) is 4.75. The van der Waals surface area contributed by atoms with Gasteiger partial charge in [0.1, 0.15) is 6.33 Å². The van der Waals surface area contributed by atoms with E-state index in [9.17, 15) is 10.1 Å². The molecule has 0 aliphatic heterocycles. The summed E-state index contributed by atoms with van der Waals surface area (Å²) in [7, 11) is 0. The van der Waals surface area contributed by atoms with Crippen LogP contribution in [0.15, 0.2) is 65.8 Å². The van der Waals surface area contributed by atoms with Gasteiger partial charge < -0.3 is 4.57 Å². The minimum atomic E-state index is -0.103. The summed E-state index contributed by atoms with van der Waals surface area (Å²) in [6.45, 7) is 2.63. The Balaban J connectivity index is 1.69. The fourth-order valence-corrected chi connectivity index (χ4v) is 3.39. The molecule has 0 aliphatic rings. The Bertz CT molecular complexity index is 1230. The number of rotatable bonds is 5. The lowest BCUT2D eigenvalue weighted by Gasteiger charge is -2.11. The first-order chi connectivity index (χ1) is 13.7. The summed E-state index contributed by atoms with van der Waals surface area (Å²) >= 11 is 0. The Hall–Kier alpha value is -3.72. The highest BCUT2D eigenvalue weighted by Crippen LogP contribution is 2.23. The fourth-order valence-electron chi connectivity index (χ4n) is 3.39. The van der Waals surface area contributed by atoms with Crippen LogP contribution >= 0.6 is 0 Å². The second-order valence-corrected chi connectivity index (χ2v) is 6.66. The highest BCUT2D eigenvalue weighted by Gasteiger charge is 2.11. The van der Waals surface area contributed by atoms with Crippen molar-refractivity contribution < 1.29 is 0 Å². The van der Waals surface area contributed by atoms with Crippen LogP contribution in [0.4, 0.5) is 0 Å². The molecule has 2 heterocycles. The molecule has 28 heavy (non-hydrogen) atoms. The fraction of sp³-hybridized carbons (Fsp3) is 0.182. The summed E-state index contributed by atoms with van der Waals surface area (Å²) < 4.78 is 3.32. The predicted molar refractivity (Wildman–Crippen MR) is 107 cm³/mol. The van der Waals surface area contributed by atoms with Crippen molar-refractivity contribution in [3.8, 4) is 17.2 Å². The van der Waals surface area contributed by atoms with Gasteiger partial charge in [-0.05, 0) is 29.2 Å². The maximum atomic E-state index is 12.5. The van der Waals surface area contributed by atoms with Gasteiger partial charge in [0.2, 0.25) is 5.78 Å². The molecule has 0 unspecified atom stereocenters. The molecule has 2 aromatic carbocycles. The van der Waals surface area contributed by atoms with Gasteiger partial charge in [0.25, 0.3) is 5.56 Å². The van der Waals surface area contributed by atoms with E-state index < -0.39 is 0 Å². The highest BCUT2D eigenvalue weighted by atomic mass is 16.1. The minimum absolute atomic E-state index is 0.103. The summed E-state index contributed by atoms with van der Waals surface area (Å²) in [4.78, 5) is 16.7. The van der Waals surface area contributed by atoms with Crippen molar-refractivity contribution >= 4 is 5.78 Å². The van der Waals surface area contributed by atoms with Crippen LogP contribution in [0.3, 0.4) is 0 Å². The lowest BCUT2D eigenvalue weighted by molar-refractivity contribution is 0.729. The first kappa shape index (κ1) is 17.7. The van der Waals surface area contributed by atoms with Crippen LogP contribution in [-0.2, 0) is 13.0 Å². The van der Waals surface area contributed by atoms with Gasteiger partial charge in [-0.1, -0.05) is 55.8 Å². The molecule has 0 bridgehead atoms. The number of hydrogen-bond acceptors (Lipinski definition) is 4. The van der Waals surface area contributed by atoms with Crippen molar-refractivity contribution in [1.29, 1.82) is 5.26 Å². The zero-order valence-electron chi connectivity index (χ0n) is 15.5. The molecule has 138 valence electrons. The van der Waals surface area contributed by atoms with E-state index in [2.05, 4.69) is 16.2 Å². The third-order valence-electron chi connectivity index (χ3n) is 4.75. The highest BCUT2D eigenvalue weighted by molar-refractivity contribution is 5.70. The van der Waals surface area contributed by atoms with Crippen LogP contribution in [0, 0.1) is 11.3 Å². The molecule has 6 nitrogen and oxygen atoms in total. The average Bonchev–Trinajstić information content (AvgIpc) is 3.23. The van der Waals surface area contributed by atoms with Crippen LogP contribution in [0.1, 0.15) is 30.0 Å². The van der Waals surface area contributed by atoms with Crippen LogP contribution in [0.2, 0.25) is 0 Å². The molecule has 0 radical (unpaired) electrons. The summed E-state index contributed by atoms with van der Waals surface area (Å²) in [5, 5.41) is 13.4. The average molecular weight is 369 g/mol. The molecule has 0 spiro atoms. The Labute approximate surface area is 162 Å². The van der Waals surface area contributed by atoms with Gasteiger partial charge in [0, 0.05) is 11.8 Å². The van der Waals surface area contributed by atoms with Gasteiger partial charge in [0.15, 0.2) is 0 Å². The van der Waals surface area contributed by atoms with E-state index in [0.29, 0.717) is 24.3 Å². The molecule has 4 aromatic rings. The maximum Gasteiger partial charge on any atom is 0.278 e. The summed E-state index contributed by atoms with van der Waals surface area (Å²) in [6.07, 6.45) is 4.89. The lowest BCUT2D eigenvalue weighted by Crippen LogP contribution is -2.23. The van der Waals surface area contributed by atoms with Crippen LogP contribution < -0.4 is 5.56 Å². The van der Waals surface area contributed by atoms with Crippen molar-refractivity contribution in [3.05, 3.63) is 88.1 Å². The number of benzene rings is 2. The standard InChI is InChI=1S/C22H19N5O/c1-2-5-19-14-26(22-24-15-25-27(22)21(19)28)13-16-8-10-17(11-9-16)20-7-4-3-6-18(20)12-23/h3-4,6-11,14-15H,2,5,13H2,1H3. The van der Waals surface area contributed by atoms with Crippen LogP contribution in [0.5, 0.6) is 0 Å². The molecule has 0 saturated carbocycles. The molecule has 4 rings (SSSR count). The second-order valence-electron chi connectivity index (χ2n) is 6.66. The van der Waals surface area contributed by atoms with Gasteiger partial charge in [0.05, 0.1) is 18.2 Å². The van der Waals surface area contributed by atoms with Gasteiger partial charge in [-0.3, -0.25) is 4.79 Å². The molecule has 0 aliphatic carbocycles. The number of nitrogens with zero attached hydrogens (tertiary/aromatic N) is 5. The molecular formula is C22H19N5O. The second kappa shape index (κ2) is 7.49. The Morgan fingerprint density at radius 1 is 1.11 bits per heavy atom. The molecule has 2 aromatic heterocycles. The molecule has 0 saturated heterocycles. The molecule has 6 heteroatoms. The van der Waals surface area contributed by atoms with E-state index in [4.69, 9.17) is 0 Å². The lowest BCUT2D eigenvalue weighted by atomic mass is 9.99. The quantitative estimate of drug-likeness (QED) is 0.540.